The Morgan fingerprint density at radius 2 is 2.00 bits per heavy atom. The Labute approximate surface area is 125 Å². The predicted molar refractivity (Wildman–Crippen MR) is 85.1 cm³/mol. The molecule has 1 unspecified atom stereocenters. The van der Waals surface area contributed by atoms with Crippen LogP contribution in [-0.4, -0.2) is 49.3 Å². The highest BCUT2D eigenvalue weighted by atomic mass is 16.5. The second-order valence-corrected chi connectivity index (χ2v) is 7.30. The molecule has 0 bridgehead atoms. The van der Waals surface area contributed by atoms with Gasteiger partial charge in [0, 0.05) is 25.7 Å². The molecule has 0 aromatic carbocycles. The molecule has 1 saturated carbocycles. The number of ether oxygens (including phenoxy) is 1. The molecular weight excluding hydrogens is 248 g/mol. The summed E-state index contributed by atoms with van der Waals surface area (Å²) in [6.07, 6.45) is 8.40. The molecule has 0 radical (unpaired) electrons. The Balaban J connectivity index is 1.88. The molecule has 118 valence electrons. The van der Waals surface area contributed by atoms with Crippen molar-refractivity contribution in [2.45, 2.75) is 70.9 Å². The molecule has 0 aromatic heterocycles. The molecule has 1 aliphatic heterocycles. The maximum atomic E-state index is 5.84. The summed E-state index contributed by atoms with van der Waals surface area (Å²) < 4.78 is 5.84. The van der Waals surface area contributed by atoms with Crippen molar-refractivity contribution in [2.75, 3.05) is 32.8 Å². The Morgan fingerprint density at radius 1 is 1.25 bits per heavy atom. The van der Waals surface area contributed by atoms with E-state index in [9.17, 15) is 0 Å². The Kier molecular flexibility index (Phi) is 6.31. The molecule has 1 saturated heterocycles. The van der Waals surface area contributed by atoms with Crippen LogP contribution in [0.1, 0.15) is 59.3 Å². The predicted octanol–water partition coefficient (Wildman–Crippen LogP) is 3.05. The van der Waals surface area contributed by atoms with Crippen LogP contribution in [0.4, 0.5) is 0 Å². The zero-order valence-electron chi connectivity index (χ0n) is 13.8. The molecule has 1 heterocycles. The minimum Gasteiger partial charge on any atom is -0.373 e. The standard InChI is InChI=1S/C17H34N2O/c1-4-10-18-16(15-8-6-5-7-9-15)13-19-11-12-20-17(2,3)14-19/h15-16,18H,4-14H2,1-3H3. The summed E-state index contributed by atoms with van der Waals surface area (Å²) in [5, 5.41) is 3.83. The van der Waals surface area contributed by atoms with Gasteiger partial charge in [0.05, 0.1) is 12.2 Å². The Morgan fingerprint density at radius 3 is 2.65 bits per heavy atom. The van der Waals surface area contributed by atoms with Gasteiger partial charge in [0.1, 0.15) is 0 Å². The number of rotatable bonds is 6. The molecule has 1 atom stereocenters. The monoisotopic (exact) mass is 282 g/mol. The molecule has 2 fully saturated rings. The van der Waals surface area contributed by atoms with Crippen molar-refractivity contribution in [2.24, 2.45) is 5.92 Å². The van der Waals surface area contributed by atoms with Crippen molar-refractivity contribution in [1.82, 2.24) is 10.2 Å². The molecule has 0 spiro atoms. The van der Waals surface area contributed by atoms with E-state index in [-0.39, 0.29) is 5.60 Å². The van der Waals surface area contributed by atoms with Gasteiger partial charge in [0.15, 0.2) is 0 Å². The first kappa shape index (κ1) is 16.3. The largest absolute Gasteiger partial charge is 0.373 e. The van der Waals surface area contributed by atoms with E-state index in [4.69, 9.17) is 4.74 Å². The van der Waals surface area contributed by atoms with Crippen LogP contribution in [0.5, 0.6) is 0 Å². The lowest BCUT2D eigenvalue weighted by atomic mass is 9.83. The molecule has 3 heteroatoms. The minimum atomic E-state index is 0.0279. The van der Waals surface area contributed by atoms with Gasteiger partial charge < -0.3 is 10.1 Å². The van der Waals surface area contributed by atoms with Crippen LogP contribution >= 0.6 is 0 Å². The second-order valence-electron chi connectivity index (χ2n) is 7.30. The summed E-state index contributed by atoms with van der Waals surface area (Å²) in [6, 6.07) is 0.684. The first-order valence-corrected chi connectivity index (χ1v) is 8.70. The third-order valence-corrected chi connectivity index (χ3v) is 4.83. The van der Waals surface area contributed by atoms with Crippen molar-refractivity contribution in [3.63, 3.8) is 0 Å². The van der Waals surface area contributed by atoms with Crippen molar-refractivity contribution in [1.29, 1.82) is 0 Å². The van der Waals surface area contributed by atoms with Crippen LogP contribution in [0.2, 0.25) is 0 Å². The van der Waals surface area contributed by atoms with E-state index in [1.165, 1.54) is 45.1 Å². The Hall–Kier alpha value is -0.120. The smallest absolute Gasteiger partial charge is 0.0753 e. The zero-order valence-corrected chi connectivity index (χ0v) is 13.8. The Bertz CT molecular complexity index is 274. The van der Waals surface area contributed by atoms with Crippen molar-refractivity contribution < 1.29 is 4.74 Å². The number of hydrogen-bond acceptors (Lipinski definition) is 3. The van der Waals surface area contributed by atoms with E-state index in [2.05, 4.69) is 31.0 Å². The summed E-state index contributed by atoms with van der Waals surface area (Å²) in [7, 11) is 0. The van der Waals surface area contributed by atoms with Crippen LogP contribution in [0, 0.1) is 5.92 Å². The maximum Gasteiger partial charge on any atom is 0.0753 e. The fourth-order valence-electron chi connectivity index (χ4n) is 3.79. The molecular formula is C17H34N2O. The van der Waals surface area contributed by atoms with E-state index < -0.39 is 0 Å². The summed E-state index contributed by atoms with van der Waals surface area (Å²) >= 11 is 0. The third kappa shape index (κ3) is 5.01. The van der Waals surface area contributed by atoms with Crippen molar-refractivity contribution in [3.8, 4) is 0 Å². The second kappa shape index (κ2) is 7.77. The third-order valence-electron chi connectivity index (χ3n) is 4.83. The van der Waals surface area contributed by atoms with Crippen LogP contribution in [0.25, 0.3) is 0 Å². The van der Waals surface area contributed by atoms with Crippen LogP contribution in [-0.2, 0) is 4.74 Å². The van der Waals surface area contributed by atoms with Gasteiger partial charge in [-0.25, -0.2) is 0 Å². The van der Waals surface area contributed by atoms with Crippen LogP contribution in [0.3, 0.4) is 0 Å². The maximum absolute atomic E-state index is 5.84. The summed E-state index contributed by atoms with van der Waals surface area (Å²) in [4.78, 5) is 2.62. The van der Waals surface area contributed by atoms with Crippen molar-refractivity contribution >= 4 is 0 Å². The van der Waals surface area contributed by atoms with E-state index in [0.29, 0.717) is 6.04 Å². The first-order valence-electron chi connectivity index (χ1n) is 8.70. The molecule has 0 aromatic rings. The molecule has 3 nitrogen and oxygen atoms in total. The number of morpholine rings is 1. The van der Waals surface area contributed by atoms with Gasteiger partial charge in [-0.1, -0.05) is 26.2 Å². The summed E-state index contributed by atoms with van der Waals surface area (Å²) in [5.41, 5.74) is 0.0279. The van der Waals surface area contributed by atoms with E-state index in [1.54, 1.807) is 0 Å². The minimum absolute atomic E-state index is 0.0279. The topological polar surface area (TPSA) is 24.5 Å². The van der Waals surface area contributed by atoms with Crippen LogP contribution in [0.15, 0.2) is 0 Å². The lowest BCUT2D eigenvalue weighted by Crippen LogP contribution is -2.54. The zero-order chi connectivity index (χ0) is 14.4. The van der Waals surface area contributed by atoms with Gasteiger partial charge in [0.25, 0.3) is 0 Å². The molecule has 20 heavy (non-hydrogen) atoms. The number of hydrogen-bond donors (Lipinski definition) is 1. The van der Waals surface area contributed by atoms with Gasteiger partial charge >= 0.3 is 0 Å². The van der Waals surface area contributed by atoms with Gasteiger partial charge in [-0.3, -0.25) is 4.90 Å². The average molecular weight is 282 g/mol. The molecule has 1 N–H and O–H groups in total. The highest BCUT2D eigenvalue weighted by Gasteiger charge is 2.31. The normalized spacial score (nSPS) is 26.6. The lowest BCUT2D eigenvalue weighted by Gasteiger charge is -2.41. The fraction of sp³-hybridized carbons (Fsp3) is 1.00. The van der Waals surface area contributed by atoms with Gasteiger partial charge in [-0.05, 0) is 45.6 Å². The van der Waals surface area contributed by atoms with E-state index in [0.717, 1.165) is 32.2 Å². The first-order chi connectivity index (χ1) is 9.61. The lowest BCUT2D eigenvalue weighted by molar-refractivity contribution is -0.0890. The van der Waals surface area contributed by atoms with Gasteiger partial charge in [0.2, 0.25) is 0 Å². The van der Waals surface area contributed by atoms with E-state index in [1.807, 2.05) is 0 Å². The average Bonchev–Trinajstić information content (AvgIpc) is 2.43. The van der Waals surface area contributed by atoms with E-state index >= 15 is 0 Å². The van der Waals surface area contributed by atoms with Gasteiger partial charge in [-0.15, -0.1) is 0 Å². The van der Waals surface area contributed by atoms with Crippen molar-refractivity contribution in [3.05, 3.63) is 0 Å². The molecule has 2 aliphatic rings. The molecule has 1 aliphatic carbocycles. The highest BCUT2D eigenvalue weighted by Crippen LogP contribution is 2.27. The van der Waals surface area contributed by atoms with Gasteiger partial charge in [-0.2, -0.15) is 0 Å². The summed E-state index contributed by atoms with van der Waals surface area (Å²) in [6.45, 7) is 12.1. The fourth-order valence-corrected chi connectivity index (χ4v) is 3.79. The SMILES string of the molecule is CCCNC(CN1CCOC(C)(C)C1)C1CCCCC1. The highest BCUT2D eigenvalue weighted by molar-refractivity contribution is 4.86. The molecule has 2 rings (SSSR count). The quantitative estimate of drug-likeness (QED) is 0.810. The number of nitrogens with zero attached hydrogens (tertiary/aromatic N) is 1. The van der Waals surface area contributed by atoms with Crippen LogP contribution < -0.4 is 5.32 Å². The summed E-state index contributed by atoms with van der Waals surface area (Å²) in [5.74, 6) is 0.890. The number of nitrogens with one attached hydrogen (secondary N) is 1. The molecule has 0 amide bonds.